The van der Waals surface area contributed by atoms with Crippen LogP contribution in [0.4, 0.5) is 19.1 Å². The molecule has 1 aliphatic rings. The first-order valence-electron chi connectivity index (χ1n) is 5.65. The van der Waals surface area contributed by atoms with E-state index in [1.54, 1.807) is 0 Å². The Kier molecular flexibility index (Phi) is 2.75. The highest BCUT2D eigenvalue weighted by Crippen LogP contribution is 2.33. The summed E-state index contributed by atoms with van der Waals surface area (Å²) in [5, 5.41) is 14.7. The van der Waals surface area contributed by atoms with Gasteiger partial charge in [0.05, 0.1) is 6.26 Å². The van der Waals surface area contributed by atoms with Crippen molar-refractivity contribution in [1.82, 2.24) is 14.8 Å². The van der Waals surface area contributed by atoms with Crippen LogP contribution in [0.2, 0.25) is 0 Å². The number of halogens is 3. The number of hydrogen-bond acceptors (Lipinski definition) is 5. The predicted octanol–water partition coefficient (Wildman–Crippen LogP) is 1.87. The summed E-state index contributed by atoms with van der Waals surface area (Å²) in [6.45, 7) is 0. The molecule has 0 radical (unpaired) electrons. The average Bonchev–Trinajstić information content (AvgIpc) is 3.05. The second-order valence-electron chi connectivity index (χ2n) is 4.17. The Morgan fingerprint density at radius 2 is 2.24 bits per heavy atom. The minimum Gasteiger partial charge on any atom is -0.477 e. The number of furan rings is 1. The van der Waals surface area contributed by atoms with Gasteiger partial charge >= 0.3 is 12.1 Å². The molecule has 2 aromatic rings. The van der Waals surface area contributed by atoms with E-state index in [2.05, 4.69) is 15.4 Å². The summed E-state index contributed by atoms with van der Waals surface area (Å²) in [6, 6.07) is 2.11. The van der Waals surface area contributed by atoms with Crippen molar-refractivity contribution < 1.29 is 27.5 Å². The minimum absolute atomic E-state index is 0.245. The molecule has 7 nitrogen and oxygen atoms in total. The molecule has 0 spiro atoms. The molecule has 3 rings (SSSR count). The van der Waals surface area contributed by atoms with Gasteiger partial charge in [0, 0.05) is 0 Å². The summed E-state index contributed by atoms with van der Waals surface area (Å²) in [5.74, 6) is -2.75. The molecule has 10 heteroatoms. The van der Waals surface area contributed by atoms with Gasteiger partial charge in [0.2, 0.25) is 5.95 Å². The normalized spacial score (nSPS) is 17.9. The SMILES string of the molecule is O=C(O)C1=C[C@H](c2ccco2)n2nc(C(F)(F)F)nc2N1. The number of allylic oxidation sites excluding steroid dienone is 1. The molecule has 21 heavy (non-hydrogen) atoms. The van der Waals surface area contributed by atoms with Gasteiger partial charge in [-0.15, -0.1) is 5.10 Å². The summed E-state index contributed by atoms with van der Waals surface area (Å²) in [5.41, 5.74) is -0.301. The van der Waals surface area contributed by atoms with Gasteiger partial charge in [-0.1, -0.05) is 0 Å². The van der Waals surface area contributed by atoms with E-state index in [9.17, 15) is 18.0 Å². The first-order chi connectivity index (χ1) is 9.86. The maximum absolute atomic E-state index is 12.7. The monoisotopic (exact) mass is 300 g/mol. The van der Waals surface area contributed by atoms with Crippen LogP contribution in [0.1, 0.15) is 17.6 Å². The number of rotatable bonds is 2. The number of fused-ring (bicyclic) bond motifs is 1. The summed E-state index contributed by atoms with van der Waals surface area (Å²) >= 11 is 0. The van der Waals surface area contributed by atoms with Gasteiger partial charge in [-0.25, -0.2) is 9.48 Å². The maximum atomic E-state index is 12.7. The first kappa shape index (κ1) is 13.2. The molecule has 0 bridgehead atoms. The second kappa shape index (κ2) is 4.36. The Hall–Kier alpha value is -2.78. The van der Waals surface area contributed by atoms with Crippen molar-refractivity contribution in [2.24, 2.45) is 0 Å². The molecule has 2 aromatic heterocycles. The van der Waals surface area contributed by atoms with Gasteiger partial charge in [0.25, 0.3) is 5.82 Å². The number of alkyl halides is 3. The highest BCUT2D eigenvalue weighted by atomic mass is 19.4. The second-order valence-corrected chi connectivity index (χ2v) is 4.17. The van der Waals surface area contributed by atoms with Gasteiger partial charge in [0.15, 0.2) is 0 Å². The molecule has 0 saturated heterocycles. The number of carboxylic acids is 1. The van der Waals surface area contributed by atoms with Crippen molar-refractivity contribution in [2.75, 3.05) is 5.32 Å². The van der Waals surface area contributed by atoms with E-state index in [1.807, 2.05) is 0 Å². The van der Waals surface area contributed by atoms with Crippen LogP contribution in [0, 0.1) is 0 Å². The fourth-order valence-corrected chi connectivity index (χ4v) is 1.90. The van der Waals surface area contributed by atoms with Crippen LogP contribution in [0.5, 0.6) is 0 Å². The fraction of sp³-hybridized carbons (Fsp3) is 0.182. The highest BCUT2D eigenvalue weighted by molar-refractivity contribution is 5.90. The summed E-state index contributed by atoms with van der Waals surface area (Å²) in [6.07, 6.45) is -2.21. The van der Waals surface area contributed by atoms with Crippen molar-refractivity contribution in [3.63, 3.8) is 0 Å². The lowest BCUT2D eigenvalue weighted by Crippen LogP contribution is -2.24. The molecule has 0 fully saturated rings. The van der Waals surface area contributed by atoms with E-state index in [1.165, 1.54) is 24.5 Å². The minimum atomic E-state index is -4.73. The van der Waals surface area contributed by atoms with Crippen LogP contribution in [0.3, 0.4) is 0 Å². The zero-order valence-electron chi connectivity index (χ0n) is 10.1. The molecule has 1 aliphatic heterocycles. The fourth-order valence-electron chi connectivity index (χ4n) is 1.90. The lowest BCUT2D eigenvalue weighted by atomic mass is 10.1. The van der Waals surface area contributed by atoms with Crippen LogP contribution < -0.4 is 5.32 Å². The van der Waals surface area contributed by atoms with Crippen LogP contribution in [-0.2, 0) is 11.0 Å². The average molecular weight is 300 g/mol. The van der Waals surface area contributed by atoms with Gasteiger partial charge in [-0.2, -0.15) is 18.2 Å². The third kappa shape index (κ3) is 2.24. The number of aliphatic carboxylic acids is 1. The number of anilines is 1. The van der Waals surface area contributed by atoms with Crippen LogP contribution in [0.15, 0.2) is 34.6 Å². The predicted molar refractivity (Wildman–Crippen MR) is 61.2 cm³/mol. The number of hydrogen-bond donors (Lipinski definition) is 2. The van der Waals surface area contributed by atoms with E-state index in [0.717, 1.165) is 4.68 Å². The summed E-state index contributed by atoms with van der Waals surface area (Å²) < 4.78 is 44.1. The number of aromatic nitrogens is 3. The Morgan fingerprint density at radius 1 is 1.48 bits per heavy atom. The van der Waals surface area contributed by atoms with E-state index in [4.69, 9.17) is 9.52 Å². The molecule has 3 heterocycles. The Morgan fingerprint density at radius 3 is 2.81 bits per heavy atom. The highest BCUT2D eigenvalue weighted by Gasteiger charge is 2.39. The van der Waals surface area contributed by atoms with E-state index in [0.29, 0.717) is 0 Å². The number of carboxylic acid groups (broad SMARTS) is 1. The molecule has 0 aromatic carbocycles. The smallest absolute Gasteiger partial charge is 0.453 e. The van der Waals surface area contributed by atoms with Crippen LogP contribution in [0.25, 0.3) is 0 Å². The molecular formula is C11H7F3N4O3. The van der Waals surface area contributed by atoms with Crippen LogP contribution in [-0.4, -0.2) is 25.8 Å². The Bertz CT molecular complexity index is 718. The zero-order chi connectivity index (χ0) is 15.2. The quantitative estimate of drug-likeness (QED) is 0.879. The van der Waals surface area contributed by atoms with Gasteiger partial charge in [-0.3, -0.25) is 0 Å². The number of nitrogens with zero attached hydrogens (tertiary/aromatic N) is 3. The molecule has 2 N–H and O–H groups in total. The van der Waals surface area contributed by atoms with E-state index in [-0.39, 0.29) is 17.4 Å². The first-order valence-corrected chi connectivity index (χ1v) is 5.65. The third-order valence-corrected chi connectivity index (χ3v) is 2.78. The van der Waals surface area contributed by atoms with Crippen molar-refractivity contribution in [3.8, 4) is 0 Å². The van der Waals surface area contributed by atoms with Crippen LogP contribution >= 0.6 is 0 Å². The number of nitrogens with one attached hydrogen (secondary N) is 1. The number of carbonyl (C=O) groups is 1. The molecule has 0 amide bonds. The van der Waals surface area contributed by atoms with E-state index >= 15 is 0 Å². The van der Waals surface area contributed by atoms with Crippen molar-refractivity contribution >= 4 is 11.9 Å². The van der Waals surface area contributed by atoms with Gasteiger partial charge in [-0.05, 0) is 18.2 Å². The standard InChI is InChI=1S/C11H7F3N4O3/c12-11(13,14)9-16-10-15-5(8(19)20)4-6(18(10)17-9)7-2-1-3-21-7/h1-4,6H,(H,19,20)(H,15,16,17)/t6-/m1/s1. The zero-order valence-corrected chi connectivity index (χ0v) is 10.1. The lowest BCUT2D eigenvalue weighted by Gasteiger charge is -2.20. The van der Waals surface area contributed by atoms with Crippen molar-refractivity contribution in [2.45, 2.75) is 12.2 Å². The van der Waals surface area contributed by atoms with Gasteiger partial charge in [0.1, 0.15) is 17.5 Å². The lowest BCUT2D eigenvalue weighted by molar-refractivity contribution is -0.145. The topological polar surface area (TPSA) is 93.2 Å². The van der Waals surface area contributed by atoms with Gasteiger partial charge < -0.3 is 14.8 Å². The molecule has 1 atom stereocenters. The maximum Gasteiger partial charge on any atom is 0.453 e. The van der Waals surface area contributed by atoms with Crippen molar-refractivity contribution in [1.29, 1.82) is 0 Å². The molecule has 0 saturated carbocycles. The molecule has 0 unspecified atom stereocenters. The summed E-state index contributed by atoms with van der Waals surface area (Å²) in [7, 11) is 0. The molecule has 110 valence electrons. The largest absolute Gasteiger partial charge is 0.477 e. The Balaban J connectivity index is 2.11. The molecule has 0 aliphatic carbocycles. The third-order valence-electron chi connectivity index (χ3n) is 2.78. The molecular weight excluding hydrogens is 293 g/mol. The Labute approximate surface area is 114 Å². The van der Waals surface area contributed by atoms with Crippen molar-refractivity contribution in [3.05, 3.63) is 41.8 Å². The summed E-state index contributed by atoms with van der Waals surface area (Å²) in [4.78, 5) is 14.3. The van der Waals surface area contributed by atoms with E-state index < -0.39 is 24.0 Å².